The molecule has 0 saturated carbocycles. The average molecular weight is 302 g/mol. The van der Waals surface area contributed by atoms with E-state index in [2.05, 4.69) is 70.3 Å². The summed E-state index contributed by atoms with van der Waals surface area (Å²) in [5.41, 5.74) is 7.57. The zero-order valence-electron chi connectivity index (χ0n) is 13.5. The van der Waals surface area contributed by atoms with Crippen molar-refractivity contribution >= 4 is 11.6 Å². The van der Waals surface area contributed by atoms with E-state index in [-0.39, 0.29) is 6.04 Å². The van der Waals surface area contributed by atoms with Crippen LogP contribution in [-0.4, -0.2) is 6.54 Å². The van der Waals surface area contributed by atoms with Gasteiger partial charge in [-0.3, -0.25) is 0 Å². The quantitative estimate of drug-likeness (QED) is 0.811. The van der Waals surface area contributed by atoms with Crippen LogP contribution in [0, 0.1) is 27.7 Å². The molecule has 1 unspecified atom stereocenters. The van der Waals surface area contributed by atoms with Gasteiger partial charge in [0.05, 0.1) is 6.04 Å². The Morgan fingerprint density at radius 3 is 2.14 bits per heavy atom. The molecule has 0 radical (unpaired) electrons. The summed E-state index contributed by atoms with van der Waals surface area (Å²) in [7, 11) is 0. The second kappa shape index (κ2) is 6.64. The fourth-order valence-corrected chi connectivity index (χ4v) is 2.91. The molecule has 1 atom stereocenters. The number of halogens is 1. The number of aryl methyl sites for hydroxylation is 4. The highest BCUT2D eigenvalue weighted by atomic mass is 35.5. The van der Waals surface area contributed by atoms with Gasteiger partial charge < -0.3 is 5.32 Å². The Morgan fingerprint density at radius 1 is 0.905 bits per heavy atom. The van der Waals surface area contributed by atoms with E-state index in [1.54, 1.807) is 0 Å². The predicted octanol–water partition coefficient (Wildman–Crippen LogP) is 5.27. The molecule has 1 N–H and O–H groups in total. The molecule has 2 aromatic carbocycles. The second-order valence-electron chi connectivity index (χ2n) is 5.79. The van der Waals surface area contributed by atoms with Crippen molar-refractivity contribution in [3.05, 3.63) is 68.7 Å². The van der Waals surface area contributed by atoms with Crippen LogP contribution in [0.1, 0.15) is 46.3 Å². The van der Waals surface area contributed by atoms with Crippen LogP contribution >= 0.6 is 11.6 Å². The van der Waals surface area contributed by atoms with E-state index in [9.17, 15) is 0 Å². The van der Waals surface area contributed by atoms with E-state index in [1.807, 2.05) is 0 Å². The van der Waals surface area contributed by atoms with Gasteiger partial charge in [0.25, 0.3) is 0 Å². The maximum absolute atomic E-state index is 6.51. The Bertz CT molecular complexity index is 646. The minimum absolute atomic E-state index is 0.140. The van der Waals surface area contributed by atoms with E-state index in [4.69, 9.17) is 11.6 Å². The molecule has 1 nitrogen and oxygen atoms in total. The second-order valence-corrected chi connectivity index (χ2v) is 6.20. The monoisotopic (exact) mass is 301 g/mol. The van der Waals surface area contributed by atoms with Gasteiger partial charge in [0.2, 0.25) is 0 Å². The molecule has 0 aliphatic rings. The lowest BCUT2D eigenvalue weighted by Crippen LogP contribution is -2.22. The summed E-state index contributed by atoms with van der Waals surface area (Å²) in [6.07, 6.45) is 0. The molecular weight excluding hydrogens is 278 g/mol. The largest absolute Gasteiger partial charge is 0.306 e. The van der Waals surface area contributed by atoms with E-state index in [0.29, 0.717) is 0 Å². The molecule has 0 aliphatic heterocycles. The Labute approximate surface area is 133 Å². The van der Waals surface area contributed by atoms with Crippen LogP contribution in [0.5, 0.6) is 0 Å². The molecule has 2 aromatic rings. The van der Waals surface area contributed by atoms with E-state index in [0.717, 1.165) is 17.1 Å². The minimum Gasteiger partial charge on any atom is -0.306 e. The van der Waals surface area contributed by atoms with Gasteiger partial charge in [-0.2, -0.15) is 0 Å². The minimum atomic E-state index is 0.140. The third-order valence-electron chi connectivity index (χ3n) is 4.20. The van der Waals surface area contributed by atoms with Gasteiger partial charge in [-0.1, -0.05) is 42.8 Å². The summed E-state index contributed by atoms with van der Waals surface area (Å²) in [5.74, 6) is 0. The zero-order valence-corrected chi connectivity index (χ0v) is 14.3. The number of hydrogen-bond acceptors (Lipinski definition) is 1. The number of hydrogen-bond donors (Lipinski definition) is 1. The highest BCUT2D eigenvalue weighted by Gasteiger charge is 2.17. The summed E-state index contributed by atoms with van der Waals surface area (Å²) in [5, 5.41) is 4.40. The van der Waals surface area contributed by atoms with Crippen molar-refractivity contribution in [1.82, 2.24) is 5.32 Å². The van der Waals surface area contributed by atoms with E-state index >= 15 is 0 Å². The lowest BCUT2D eigenvalue weighted by molar-refractivity contribution is 0.630. The fraction of sp³-hybridized carbons (Fsp3) is 0.368. The van der Waals surface area contributed by atoms with Gasteiger partial charge in [-0.25, -0.2) is 0 Å². The van der Waals surface area contributed by atoms with Crippen molar-refractivity contribution in [2.45, 2.75) is 40.7 Å². The molecule has 0 spiro atoms. The fourth-order valence-electron chi connectivity index (χ4n) is 2.58. The predicted molar refractivity (Wildman–Crippen MR) is 92.4 cm³/mol. The molecule has 2 rings (SSSR count). The Morgan fingerprint density at radius 2 is 1.52 bits per heavy atom. The van der Waals surface area contributed by atoms with Crippen LogP contribution in [0.2, 0.25) is 5.02 Å². The normalized spacial score (nSPS) is 12.5. The first-order valence-corrected chi connectivity index (χ1v) is 7.89. The van der Waals surface area contributed by atoms with Gasteiger partial charge in [-0.05, 0) is 73.7 Å². The molecule has 0 heterocycles. The standard InChI is InChI=1S/C19H24ClN/c1-6-21-19(16-8-7-12(2)13(3)9-16)17-10-14(4)15(5)11-18(17)20/h7-11,19,21H,6H2,1-5H3. The summed E-state index contributed by atoms with van der Waals surface area (Å²) in [6.45, 7) is 11.6. The molecule has 0 aliphatic carbocycles. The van der Waals surface area contributed by atoms with Crippen LogP contribution in [0.25, 0.3) is 0 Å². The third kappa shape index (κ3) is 3.48. The van der Waals surface area contributed by atoms with Crippen molar-refractivity contribution in [1.29, 1.82) is 0 Å². The molecule has 2 heteroatoms. The van der Waals surface area contributed by atoms with Crippen LogP contribution in [0.15, 0.2) is 30.3 Å². The smallest absolute Gasteiger partial charge is 0.0591 e. The molecular formula is C19H24ClN. The first kappa shape index (κ1) is 16.1. The summed E-state index contributed by atoms with van der Waals surface area (Å²) in [4.78, 5) is 0. The molecule has 0 saturated heterocycles. The first-order chi connectivity index (χ1) is 9.93. The van der Waals surface area contributed by atoms with Crippen LogP contribution in [-0.2, 0) is 0 Å². The Kier molecular flexibility index (Phi) is 5.08. The molecule has 112 valence electrons. The van der Waals surface area contributed by atoms with Gasteiger partial charge in [-0.15, -0.1) is 0 Å². The lowest BCUT2D eigenvalue weighted by atomic mass is 9.93. The van der Waals surface area contributed by atoms with E-state index in [1.165, 1.54) is 27.8 Å². The van der Waals surface area contributed by atoms with Gasteiger partial charge in [0.1, 0.15) is 0 Å². The summed E-state index contributed by atoms with van der Waals surface area (Å²) in [6, 6.07) is 11.1. The molecule has 0 fully saturated rings. The summed E-state index contributed by atoms with van der Waals surface area (Å²) >= 11 is 6.51. The number of benzene rings is 2. The lowest BCUT2D eigenvalue weighted by Gasteiger charge is -2.22. The van der Waals surface area contributed by atoms with Gasteiger partial charge >= 0.3 is 0 Å². The zero-order chi connectivity index (χ0) is 15.6. The highest BCUT2D eigenvalue weighted by Crippen LogP contribution is 2.31. The maximum Gasteiger partial charge on any atom is 0.0591 e. The van der Waals surface area contributed by atoms with Gasteiger partial charge in [0, 0.05) is 5.02 Å². The average Bonchev–Trinajstić information content (AvgIpc) is 2.44. The van der Waals surface area contributed by atoms with E-state index < -0.39 is 0 Å². The first-order valence-electron chi connectivity index (χ1n) is 7.51. The Hall–Kier alpha value is -1.31. The third-order valence-corrected chi connectivity index (χ3v) is 4.52. The van der Waals surface area contributed by atoms with Crippen molar-refractivity contribution < 1.29 is 0 Å². The molecule has 0 aromatic heterocycles. The van der Waals surface area contributed by atoms with Crippen LogP contribution in [0.3, 0.4) is 0 Å². The summed E-state index contributed by atoms with van der Waals surface area (Å²) < 4.78 is 0. The Balaban J connectivity index is 2.52. The number of nitrogens with one attached hydrogen (secondary N) is 1. The highest BCUT2D eigenvalue weighted by molar-refractivity contribution is 6.31. The molecule has 0 amide bonds. The van der Waals surface area contributed by atoms with Crippen molar-refractivity contribution in [2.75, 3.05) is 6.54 Å². The van der Waals surface area contributed by atoms with Crippen molar-refractivity contribution in [2.24, 2.45) is 0 Å². The van der Waals surface area contributed by atoms with Crippen LogP contribution < -0.4 is 5.32 Å². The SMILES string of the molecule is CCNC(c1ccc(C)c(C)c1)c1cc(C)c(C)cc1Cl. The van der Waals surface area contributed by atoms with Crippen LogP contribution in [0.4, 0.5) is 0 Å². The van der Waals surface area contributed by atoms with Crippen molar-refractivity contribution in [3.63, 3.8) is 0 Å². The molecule has 21 heavy (non-hydrogen) atoms. The molecule has 0 bridgehead atoms. The topological polar surface area (TPSA) is 12.0 Å². The maximum atomic E-state index is 6.51. The van der Waals surface area contributed by atoms with Crippen molar-refractivity contribution in [3.8, 4) is 0 Å². The number of rotatable bonds is 4. The van der Waals surface area contributed by atoms with Gasteiger partial charge in [0.15, 0.2) is 0 Å².